The van der Waals surface area contributed by atoms with Crippen molar-refractivity contribution in [1.82, 2.24) is 0 Å². The van der Waals surface area contributed by atoms with Crippen molar-refractivity contribution in [3.63, 3.8) is 0 Å². The maximum atomic E-state index is 11.9. The summed E-state index contributed by atoms with van der Waals surface area (Å²) in [5.74, 6) is -1.87. The summed E-state index contributed by atoms with van der Waals surface area (Å²) in [4.78, 5) is 23.7. The molecule has 0 amide bonds. The van der Waals surface area contributed by atoms with Crippen LogP contribution in [0.4, 0.5) is 0 Å². The minimum atomic E-state index is -0.814. The molecule has 0 bridgehead atoms. The molecule has 0 N–H and O–H groups in total. The van der Waals surface area contributed by atoms with Crippen LogP contribution in [0.1, 0.15) is 47.5 Å². The van der Waals surface area contributed by atoms with Crippen molar-refractivity contribution in [2.24, 2.45) is 11.8 Å². The molecule has 1 atom stereocenters. The lowest BCUT2D eigenvalue weighted by Gasteiger charge is -2.20. The average Bonchev–Trinajstić information content (AvgIpc) is 2.29. The van der Waals surface area contributed by atoms with Gasteiger partial charge in [-0.1, -0.05) is 18.6 Å². The van der Waals surface area contributed by atoms with Crippen molar-refractivity contribution < 1.29 is 19.1 Å². The predicted molar refractivity (Wildman–Crippen MR) is 74.6 cm³/mol. The van der Waals surface area contributed by atoms with Gasteiger partial charge in [0, 0.05) is 0 Å². The van der Waals surface area contributed by atoms with E-state index in [1.165, 1.54) is 5.57 Å². The number of hydrogen-bond acceptors (Lipinski definition) is 4. The summed E-state index contributed by atoms with van der Waals surface area (Å²) in [6.07, 6.45) is 3.70. The zero-order valence-electron chi connectivity index (χ0n) is 12.7. The summed E-state index contributed by atoms with van der Waals surface area (Å²) < 4.78 is 9.93. The highest BCUT2D eigenvalue weighted by molar-refractivity contribution is 5.95. The number of carbonyl (C=O) groups is 2. The normalized spacial score (nSPS) is 11.9. The molecule has 0 rings (SSSR count). The van der Waals surface area contributed by atoms with Crippen molar-refractivity contribution in [2.45, 2.75) is 47.5 Å². The second-order valence-electron chi connectivity index (χ2n) is 4.82. The summed E-state index contributed by atoms with van der Waals surface area (Å²) in [5.41, 5.74) is 1.23. The number of esters is 2. The summed E-state index contributed by atoms with van der Waals surface area (Å²) in [6, 6.07) is 0. The molecule has 4 heteroatoms. The number of hydrogen-bond donors (Lipinski definition) is 0. The first-order chi connectivity index (χ1) is 8.93. The molecule has 19 heavy (non-hydrogen) atoms. The predicted octanol–water partition coefficient (Wildman–Crippen LogP) is 3.11. The van der Waals surface area contributed by atoms with Crippen LogP contribution in [0.25, 0.3) is 0 Å². The van der Waals surface area contributed by atoms with Gasteiger partial charge in [0.05, 0.1) is 13.2 Å². The third kappa shape index (κ3) is 6.99. The van der Waals surface area contributed by atoms with Crippen molar-refractivity contribution in [3.8, 4) is 0 Å². The molecule has 0 fully saturated rings. The fourth-order valence-corrected chi connectivity index (χ4v) is 1.83. The Bertz CT molecular complexity index is 298. The molecule has 110 valence electrons. The molecule has 0 saturated carbocycles. The Morgan fingerprint density at radius 3 is 1.89 bits per heavy atom. The Morgan fingerprint density at radius 2 is 1.53 bits per heavy atom. The summed E-state index contributed by atoms with van der Waals surface area (Å²) >= 11 is 0. The van der Waals surface area contributed by atoms with Gasteiger partial charge in [-0.3, -0.25) is 9.59 Å². The van der Waals surface area contributed by atoms with E-state index in [9.17, 15) is 9.59 Å². The van der Waals surface area contributed by atoms with E-state index < -0.39 is 17.9 Å². The van der Waals surface area contributed by atoms with Gasteiger partial charge in [0.15, 0.2) is 5.92 Å². The number of ether oxygens (including phenoxy) is 2. The highest BCUT2D eigenvalue weighted by Crippen LogP contribution is 2.21. The van der Waals surface area contributed by atoms with Gasteiger partial charge in [0.1, 0.15) is 0 Å². The van der Waals surface area contributed by atoms with Gasteiger partial charge in [-0.2, -0.15) is 0 Å². The fraction of sp³-hybridized carbons (Fsp3) is 0.733. The van der Waals surface area contributed by atoms with Crippen LogP contribution in [0.15, 0.2) is 11.6 Å². The van der Waals surface area contributed by atoms with Crippen LogP contribution in [0.3, 0.4) is 0 Å². The van der Waals surface area contributed by atoms with E-state index in [0.717, 1.165) is 12.8 Å². The Labute approximate surface area is 116 Å². The Balaban J connectivity index is 4.67. The molecule has 0 aliphatic carbocycles. The van der Waals surface area contributed by atoms with Gasteiger partial charge in [-0.15, -0.1) is 0 Å². The van der Waals surface area contributed by atoms with E-state index in [-0.39, 0.29) is 19.1 Å². The smallest absolute Gasteiger partial charge is 0.320 e. The first-order valence-electron chi connectivity index (χ1n) is 6.90. The topological polar surface area (TPSA) is 52.6 Å². The zero-order chi connectivity index (χ0) is 14.8. The van der Waals surface area contributed by atoms with Crippen LogP contribution in [0.5, 0.6) is 0 Å². The monoisotopic (exact) mass is 270 g/mol. The SMILES string of the molecule is CCOC(=O)C(C(=O)OCC)C(C)CCC=C(C)C. The van der Waals surface area contributed by atoms with Gasteiger partial charge < -0.3 is 9.47 Å². The van der Waals surface area contributed by atoms with E-state index in [0.29, 0.717) is 0 Å². The minimum Gasteiger partial charge on any atom is -0.465 e. The van der Waals surface area contributed by atoms with Crippen LogP contribution < -0.4 is 0 Å². The number of rotatable bonds is 8. The molecule has 0 radical (unpaired) electrons. The third-order valence-corrected chi connectivity index (χ3v) is 2.82. The first-order valence-corrected chi connectivity index (χ1v) is 6.90. The van der Waals surface area contributed by atoms with Crippen LogP contribution in [-0.2, 0) is 19.1 Å². The Kier molecular flexibility index (Phi) is 8.92. The lowest BCUT2D eigenvalue weighted by atomic mass is 9.89. The number of allylic oxidation sites excluding steroid dienone is 2. The van der Waals surface area contributed by atoms with E-state index in [1.807, 2.05) is 20.8 Å². The van der Waals surface area contributed by atoms with Crippen LogP contribution >= 0.6 is 0 Å². The second-order valence-corrected chi connectivity index (χ2v) is 4.82. The van der Waals surface area contributed by atoms with Crippen molar-refractivity contribution in [2.75, 3.05) is 13.2 Å². The molecule has 0 aromatic rings. The number of carbonyl (C=O) groups excluding carboxylic acids is 2. The van der Waals surface area contributed by atoms with Crippen molar-refractivity contribution in [3.05, 3.63) is 11.6 Å². The van der Waals surface area contributed by atoms with E-state index in [2.05, 4.69) is 6.08 Å². The maximum absolute atomic E-state index is 11.9. The van der Waals surface area contributed by atoms with Gasteiger partial charge in [-0.25, -0.2) is 0 Å². The molecule has 0 saturated heterocycles. The van der Waals surface area contributed by atoms with Crippen molar-refractivity contribution >= 4 is 11.9 Å². The Hall–Kier alpha value is -1.32. The van der Waals surface area contributed by atoms with Crippen LogP contribution in [0.2, 0.25) is 0 Å². The summed E-state index contributed by atoms with van der Waals surface area (Å²) in [6.45, 7) is 9.95. The Morgan fingerprint density at radius 1 is 1.05 bits per heavy atom. The highest BCUT2D eigenvalue weighted by Gasteiger charge is 2.34. The fourth-order valence-electron chi connectivity index (χ4n) is 1.83. The lowest BCUT2D eigenvalue weighted by Crippen LogP contribution is -2.33. The van der Waals surface area contributed by atoms with E-state index >= 15 is 0 Å². The average molecular weight is 270 g/mol. The minimum absolute atomic E-state index is 0.0892. The maximum Gasteiger partial charge on any atom is 0.320 e. The van der Waals surface area contributed by atoms with Crippen molar-refractivity contribution in [1.29, 1.82) is 0 Å². The molecular weight excluding hydrogens is 244 g/mol. The van der Waals surface area contributed by atoms with E-state index in [4.69, 9.17) is 9.47 Å². The third-order valence-electron chi connectivity index (χ3n) is 2.82. The van der Waals surface area contributed by atoms with Gasteiger partial charge in [0.25, 0.3) is 0 Å². The molecular formula is C15H26O4. The lowest BCUT2D eigenvalue weighted by molar-refractivity contribution is -0.164. The first kappa shape index (κ1) is 17.7. The summed E-state index contributed by atoms with van der Waals surface area (Å²) in [5, 5.41) is 0. The van der Waals surface area contributed by atoms with Crippen LogP contribution in [-0.4, -0.2) is 25.2 Å². The zero-order valence-corrected chi connectivity index (χ0v) is 12.7. The molecule has 4 nitrogen and oxygen atoms in total. The molecule has 0 aliphatic rings. The molecule has 0 aromatic heterocycles. The van der Waals surface area contributed by atoms with Crippen LogP contribution in [0, 0.1) is 11.8 Å². The quantitative estimate of drug-likeness (QED) is 0.386. The molecule has 0 aliphatic heterocycles. The molecule has 1 unspecified atom stereocenters. The second kappa shape index (κ2) is 9.59. The summed E-state index contributed by atoms with van der Waals surface area (Å²) in [7, 11) is 0. The highest BCUT2D eigenvalue weighted by atomic mass is 16.6. The molecule has 0 aromatic carbocycles. The van der Waals surface area contributed by atoms with Gasteiger partial charge in [0.2, 0.25) is 0 Å². The largest absolute Gasteiger partial charge is 0.465 e. The van der Waals surface area contributed by atoms with Gasteiger partial charge >= 0.3 is 11.9 Å². The molecule has 0 heterocycles. The standard InChI is InChI=1S/C15H26O4/c1-6-18-14(16)13(15(17)19-7-2)12(5)10-8-9-11(3)4/h9,12-13H,6-8,10H2,1-5H3. The van der Waals surface area contributed by atoms with E-state index in [1.54, 1.807) is 13.8 Å². The van der Waals surface area contributed by atoms with Gasteiger partial charge in [-0.05, 0) is 46.5 Å². The molecule has 0 spiro atoms.